The van der Waals surface area contributed by atoms with Gasteiger partial charge in [-0.15, -0.1) is 0 Å². The standard InChI is InChI=1S/C15H25ClN4O/c1-3-21-11-15-18-13(16)8-14(19-15)17-9-12(2)10-20-6-4-5-7-20/h8,12H,3-7,9-11H2,1-2H3,(H,17,18,19). The third kappa shape index (κ3) is 5.77. The lowest BCUT2D eigenvalue weighted by Gasteiger charge is -2.20. The molecule has 0 aromatic carbocycles. The van der Waals surface area contributed by atoms with Crippen LogP contribution in [-0.4, -0.2) is 47.7 Å². The van der Waals surface area contributed by atoms with Gasteiger partial charge in [0.25, 0.3) is 0 Å². The monoisotopic (exact) mass is 312 g/mol. The molecule has 1 fully saturated rings. The van der Waals surface area contributed by atoms with E-state index in [1.165, 1.54) is 25.9 Å². The van der Waals surface area contributed by atoms with Gasteiger partial charge in [-0.1, -0.05) is 18.5 Å². The maximum Gasteiger partial charge on any atom is 0.158 e. The minimum Gasteiger partial charge on any atom is -0.374 e. The molecule has 1 aromatic heterocycles. The lowest BCUT2D eigenvalue weighted by molar-refractivity contribution is 0.128. The zero-order valence-electron chi connectivity index (χ0n) is 12.9. The molecule has 5 nitrogen and oxygen atoms in total. The van der Waals surface area contributed by atoms with Gasteiger partial charge in [-0.05, 0) is 38.8 Å². The third-order valence-electron chi connectivity index (χ3n) is 3.58. The maximum absolute atomic E-state index is 6.03. The van der Waals surface area contributed by atoms with Crippen LogP contribution < -0.4 is 5.32 Å². The van der Waals surface area contributed by atoms with E-state index < -0.39 is 0 Å². The molecule has 0 radical (unpaired) electrons. The molecule has 1 aliphatic heterocycles. The lowest BCUT2D eigenvalue weighted by Crippen LogP contribution is -2.29. The molecule has 0 saturated carbocycles. The zero-order valence-corrected chi connectivity index (χ0v) is 13.7. The minimum absolute atomic E-state index is 0.398. The molecule has 6 heteroatoms. The van der Waals surface area contributed by atoms with Crippen molar-refractivity contribution in [1.29, 1.82) is 0 Å². The Morgan fingerprint density at radius 2 is 2.14 bits per heavy atom. The van der Waals surface area contributed by atoms with Gasteiger partial charge in [0.15, 0.2) is 5.82 Å². The van der Waals surface area contributed by atoms with Crippen LogP contribution in [0.3, 0.4) is 0 Å². The highest BCUT2D eigenvalue weighted by Gasteiger charge is 2.14. The second-order valence-corrected chi connectivity index (χ2v) is 6.01. The third-order valence-corrected chi connectivity index (χ3v) is 3.77. The average molecular weight is 313 g/mol. The van der Waals surface area contributed by atoms with E-state index in [2.05, 4.69) is 27.1 Å². The van der Waals surface area contributed by atoms with Crippen LogP contribution in [0, 0.1) is 5.92 Å². The number of aromatic nitrogens is 2. The molecule has 1 aromatic rings. The number of nitrogens with zero attached hydrogens (tertiary/aromatic N) is 3. The molecule has 0 bridgehead atoms. The summed E-state index contributed by atoms with van der Waals surface area (Å²) < 4.78 is 5.33. The fraction of sp³-hybridized carbons (Fsp3) is 0.733. The van der Waals surface area contributed by atoms with Gasteiger partial charge in [0.05, 0.1) is 0 Å². The van der Waals surface area contributed by atoms with E-state index in [1.54, 1.807) is 6.07 Å². The van der Waals surface area contributed by atoms with Crippen molar-refractivity contribution in [2.75, 3.05) is 38.1 Å². The Labute approximate surface area is 132 Å². The molecule has 2 heterocycles. The summed E-state index contributed by atoms with van der Waals surface area (Å²) in [7, 11) is 0. The first-order chi connectivity index (χ1) is 10.2. The molecule has 1 aliphatic rings. The minimum atomic E-state index is 0.398. The molecule has 1 N–H and O–H groups in total. The highest BCUT2D eigenvalue weighted by Crippen LogP contribution is 2.14. The molecule has 0 aliphatic carbocycles. The molecule has 118 valence electrons. The Morgan fingerprint density at radius 3 is 2.86 bits per heavy atom. The van der Waals surface area contributed by atoms with Crippen LogP contribution in [0.15, 0.2) is 6.07 Å². The van der Waals surface area contributed by atoms with Crippen molar-refractivity contribution < 1.29 is 4.74 Å². The molecule has 2 rings (SSSR count). The first-order valence-corrected chi connectivity index (χ1v) is 8.12. The molecule has 0 amide bonds. The Kier molecular flexibility index (Phi) is 6.67. The second-order valence-electron chi connectivity index (χ2n) is 5.62. The summed E-state index contributed by atoms with van der Waals surface area (Å²) in [4.78, 5) is 11.1. The van der Waals surface area contributed by atoms with E-state index in [1.807, 2.05) is 6.92 Å². The van der Waals surface area contributed by atoms with E-state index in [-0.39, 0.29) is 0 Å². The van der Waals surface area contributed by atoms with E-state index in [9.17, 15) is 0 Å². The smallest absolute Gasteiger partial charge is 0.158 e. The van der Waals surface area contributed by atoms with Crippen molar-refractivity contribution in [2.24, 2.45) is 5.92 Å². The van der Waals surface area contributed by atoms with Crippen LogP contribution in [0.2, 0.25) is 5.15 Å². The molecular weight excluding hydrogens is 288 g/mol. The van der Waals surface area contributed by atoms with Gasteiger partial charge < -0.3 is 15.0 Å². The highest BCUT2D eigenvalue weighted by atomic mass is 35.5. The zero-order chi connectivity index (χ0) is 15.1. The van der Waals surface area contributed by atoms with Crippen LogP contribution >= 0.6 is 11.6 Å². The van der Waals surface area contributed by atoms with Gasteiger partial charge in [-0.2, -0.15) is 0 Å². The largest absolute Gasteiger partial charge is 0.374 e. The summed E-state index contributed by atoms with van der Waals surface area (Å²) in [6.07, 6.45) is 2.67. The van der Waals surface area contributed by atoms with E-state index in [4.69, 9.17) is 16.3 Å². The van der Waals surface area contributed by atoms with Gasteiger partial charge >= 0.3 is 0 Å². The predicted molar refractivity (Wildman–Crippen MR) is 85.7 cm³/mol. The summed E-state index contributed by atoms with van der Waals surface area (Å²) in [5, 5.41) is 3.81. The van der Waals surface area contributed by atoms with E-state index in [0.29, 0.717) is 30.1 Å². The fourth-order valence-corrected chi connectivity index (χ4v) is 2.76. The summed E-state index contributed by atoms with van der Waals surface area (Å²) in [6, 6.07) is 1.76. The second kappa shape index (κ2) is 8.51. The number of hydrogen-bond donors (Lipinski definition) is 1. The van der Waals surface area contributed by atoms with Gasteiger partial charge in [0, 0.05) is 25.8 Å². The lowest BCUT2D eigenvalue weighted by atomic mass is 10.1. The average Bonchev–Trinajstić information content (AvgIpc) is 2.95. The maximum atomic E-state index is 6.03. The number of likely N-dealkylation sites (tertiary alicyclic amines) is 1. The SMILES string of the molecule is CCOCc1nc(Cl)cc(NCC(C)CN2CCCC2)n1. The number of anilines is 1. The van der Waals surface area contributed by atoms with Crippen LogP contribution in [-0.2, 0) is 11.3 Å². The Balaban J connectivity index is 1.82. The Morgan fingerprint density at radius 1 is 1.38 bits per heavy atom. The van der Waals surface area contributed by atoms with E-state index >= 15 is 0 Å². The van der Waals surface area contributed by atoms with Crippen LogP contribution in [0.5, 0.6) is 0 Å². The molecule has 1 atom stereocenters. The topological polar surface area (TPSA) is 50.3 Å². The molecule has 21 heavy (non-hydrogen) atoms. The number of rotatable bonds is 8. The van der Waals surface area contributed by atoms with Gasteiger partial charge in [-0.3, -0.25) is 0 Å². The van der Waals surface area contributed by atoms with Crippen molar-refractivity contribution in [3.63, 3.8) is 0 Å². The number of ether oxygens (including phenoxy) is 1. The van der Waals surface area contributed by atoms with Crippen LogP contribution in [0.1, 0.15) is 32.5 Å². The normalized spacial score (nSPS) is 17.1. The van der Waals surface area contributed by atoms with E-state index in [0.717, 1.165) is 18.9 Å². The first kappa shape index (κ1) is 16.5. The quantitative estimate of drug-likeness (QED) is 0.748. The van der Waals surface area contributed by atoms with Crippen molar-refractivity contribution in [2.45, 2.75) is 33.3 Å². The van der Waals surface area contributed by atoms with Crippen molar-refractivity contribution in [1.82, 2.24) is 14.9 Å². The Bertz CT molecular complexity index is 438. The predicted octanol–water partition coefficient (Wildman–Crippen LogP) is 2.81. The van der Waals surface area contributed by atoms with Crippen molar-refractivity contribution in [3.8, 4) is 0 Å². The number of nitrogens with one attached hydrogen (secondary N) is 1. The molecule has 0 spiro atoms. The Hall–Kier alpha value is -0.910. The summed E-state index contributed by atoms with van der Waals surface area (Å²) >= 11 is 6.03. The van der Waals surface area contributed by atoms with Crippen LogP contribution in [0.4, 0.5) is 5.82 Å². The first-order valence-electron chi connectivity index (χ1n) is 7.74. The number of halogens is 1. The van der Waals surface area contributed by atoms with Crippen molar-refractivity contribution >= 4 is 17.4 Å². The number of hydrogen-bond acceptors (Lipinski definition) is 5. The van der Waals surface area contributed by atoms with Gasteiger partial charge in [0.2, 0.25) is 0 Å². The van der Waals surface area contributed by atoms with Gasteiger partial charge in [-0.25, -0.2) is 9.97 Å². The van der Waals surface area contributed by atoms with Gasteiger partial charge in [0.1, 0.15) is 17.6 Å². The summed E-state index contributed by atoms with van der Waals surface area (Å²) in [6.45, 7) is 9.75. The molecular formula is C15H25ClN4O. The van der Waals surface area contributed by atoms with Crippen LogP contribution in [0.25, 0.3) is 0 Å². The molecule has 1 saturated heterocycles. The fourth-order valence-electron chi connectivity index (χ4n) is 2.56. The summed E-state index contributed by atoms with van der Waals surface area (Å²) in [5.74, 6) is 1.98. The van der Waals surface area contributed by atoms with Crippen molar-refractivity contribution in [3.05, 3.63) is 17.0 Å². The summed E-state index contributed by atoms with van der Waals surface area (Å²) in [5.41, 5.74) is 0. The highest BCUT2D eigenvalue weighted by molar-refractivity contribution is 6.29. The molecule has 1 unspecified atom stereocenters.